The Kier molecular flexibility index (Phi) is 18.6. The van der Waals surface area contributed by atoms with E-state index in [1.54, 1.807) is 56.9 Å². The molecule has 586 valence electrons. The minimum absolute atomic E-state index is 0.744. The Morgan fingerprint density at radius 3 is 0.625 bits per heavy atom. The van der Waals surface area contributed by atoms with Gasteiger partial charge in [-0.3, -0.25) is 0 Å². The molecule has 1 N–H and O–H groups in total. The first kappa shape index (κ1) is 73.2. The van der Waals surface area contributed by atoms with E-state index in [9.17, 15) is 0 Å². The van der Waals surface area contributed by atoms with Crippen molar-refractivity contribution < 1.29 is 37.9 Å². The molecule has 16 nitrogen and oxygen atoms in total. The molecule has 4 aromatic heterocycles. The third kappa shape index (κ3) is 12.8. The minimum Gasteiger partial charge on any atom is -0.497 e. The van der Waals surface area contributed by atoms with Gasteiger partial charge in [0, 0.05) is 128 Å². The highest BCUT2D eigenvalue weighted by Crippen LogP contribution is 2.49. The van der Waals surface area contributed by atoms with Gasteiger partial charge in [0.2, 0.25) is 0 Å². The lowest BCUT2D eigenvalue weighted by molar-refractivity contribution is 0.414. The molecule has 0 radical (unpaired) electrons. The molecule has 120 heavy (non-hydrogen) atoms. The monoisotopic (exact) mass is 1570 g/mol. The van der Waals surface area contributed by atoms with Crippen molar-refractivity contribution in [1.29, 1.82) is 0 Å². The summed E-state index contributed by atoms with van der Waals surface area (Å²) in [6.07, 6.45) is 0. The predicted octanol–water partition coefficient (Wildman–Crippen LogP) is 26.3. The fourth-order valence-electron chi connectivity index (χ4n) is 17.3. The molecule has 0 spiro atoms. The van der Waals surface area contributed by atoms with E-state index in [4.69, 9.17) is 37.9 Å². The van der Waals surface area contributed by atoms with Crippen LogP contribution in [0, 0.1) is 0 Å². The summed E-state index contributed by atoms with van der Waals surface area (Å²) >= 11 is 0. The molecule has 0 fully saturated rings. The van der Waals surface area contributed by atoms with E-state index in [0.29, 0.717) is 0 Å². The second kappa shape index (κ2) is 30.5. The molecule has 0 unspecified atom stereocenters. The number of anilines is 11. The minimum atomic E-state index is 0.744. The number of nitrogens with zero attached hydrogens (tertiary/aromatic N) is 7. The lowest BCUT2D eigenvalue weighted by Gasteiger charge is -2.26. The van der Waals surface area contributed by atoms with Gasteiger partial charge in [-0.15, -0.1) is 0 Å². The van der Waals surface area contributed by atoms with Crippen molar-refractivity contribution in [2.24, 2.45) is 0 Å². The van der Waals surface area contributed by atoms with E-state index >= 15 is 0 Å². The van der Waals surface area contributed by atoms with Gasteiger partial charge in [0.1, 0.15) is 46.0 Å². The molecule has 16 aromatic carbocycles. The van der Waals surface area contributed by atoms with Gasteiger partial charge in [-0.05, 0) is 328 Å². The van der Waals surface area contributed by atoms with Gasteiger partial charge in [0.05, 0.1) is 101 Å². The van der Waals surface area contributed by atoms with Crippen molar-refractivity contribution in [2.45, 2.75) is 0 Å². The SMILES string of the molecule is COc1ccc(Nc2ccc3c(c2)c2cc(N(c4ccc(OC)cc4)c4ccc5c(c4)c4cc(N(c6ccc(OC)cc6)c6ccc7c(c6)c6cc(N(c8ccc(OC)cc8)c8ccc9c(c8)c8ccccc8n9-c8ccc(OC)cc8)ccc6n7-c6ccc(OC)cc6)ccc4n5-c4ccc(OC)cc4)ccc2n3-c2ccc(OC)cc2)cc1. The van der Waals surface area contributed by atoms with Crippen LogP contribution in [0.25, 0.3) is 110 Å². The molecule has 4 heterocycles. The Labute approximate surface area is 693 Å². The van der Waals surface area contributed by atoms with E-state index < -0.39 is 0 Å². The van der Waals surface area contributed by atoms with Gasteiger partial charge in [-0.2, -0.15) is 0 Å². The molecule has 0 atom stereocenters. The molecule has 16 heteroatoms. The summed E-state index contributed by atoms with van der Waals surface area (Å²) in [6, 6.07) is 122. The molecule has 20 rings (SSSR count). The van der Waals surface area contributed by atoms with Crippen molar-refractivity contribution in [3.63, 3.8) is 0 Å². The molecule has 0 saturated carbocycles. The zero-order valence-electron chi connectivity index (χ0n) is 67.3. The fourth-order valence-corrected chi connectivity index (χ4v) is 17.3. The summed E-state index contributed by atoms with van der Waals surface area (Å²) in [5.41, 5.74) is 22.8. The zero-order valence-corrected chi connectivity index (χ0v) is 67.3. The summed E-state index contributed by atoms with van der Waals surface area (Å²) in [7, 11) is 13.6. The van der Waals surface area contributed by atoms with Gasteiger partial charge in [0.15, 0.2) is 0 Å². The summed E-state index contributed by atoms with van der Waals surface area (Å²) in [5.74, 6) is 6.17. The number of methoxy groups -OCH3 is 8. The second-order valence-corrected chi connectivity index (χ2v) is 29.5. The lowest BCUT2D eigenvalue weighted by atomic mass is 10.1. The lowest BCUT2D eigenvalue weighted by Crippen LogP contribution is -2.10. The van der Waals surface area contributed by atoms with Crippen LogP contribution in [-0.4, -0.2) is 75.1 Å². The zero-order chi connectivity index (χ0) is 81.2. The average Bonchev–Trinajstić information content (AvgIpc) is 1.57. The Morgan fingerprint density at radius 2 is 0.367 bits per heavy atom. The molecule has 0 aliphatic heterocycles. The third-order valence-electron chi connectivity index (χ3n) is 23.1. The summed E-state index contributed by atoms with van der Waals surface area (Å²) in [5, 5.41) is 12.2. The number of rotatable bonds is 23. The number of para-hydroxylation sites is 1. The van der Waals surface area contributed by atoms with Crippen molar-refractivity contribution in [1.82, 2.24) is 18.3 Å². The maximum Gasteiger partial charge on any atom is 0.119 e. The maximum atomic E-state index is 5.89. The van der Waals surface area contributed by atoms with Crippen LogP contribution < -0.4 is 57.9 Å². The Bertz CT molecular complexity index is 7260. The van der Waals surface area contributed by atoms with E-state index in [1.165, 1.54) is 0 Å². The third-order valence-corrected chi connectivity index (χ3v) is 23.1. The molecule has 20 aromatic rings. The Morgan fingerprint density at radius 1 is 0.175 bits per heavy atom. The highest BCUT2D eigenvalue weighted by molar-refractivity contribution is 6.16. The summed E-state index contributed by atoms with van der Waals surface area (Å²) in [6.45, 7) is 0. The first-order valence-corrected chi connectivity index (χ1v) is 39.7. The molecular formula is C104H82N8O8. The molecule has 0 aliphatic carbocycles. The fraction of sp³-hybridized carbons (Fsp3) is 0.0769. The quantitative estimate of drug-likeness (QED) is 0.0657. The van der Waals surface area contributed by atoms with E-state index in [1.807, 2.05) is 109 Å². The standard InChI is InChI=1S/C104H82N8O8/c1-113-81-36-13-66(14-37-81)105-67-15-52-98-90(59-67)92-61-76(31-54-100(92)110(98)72-24-46-86(118-6)47-25-72)107(69-18-40-83(115-3)41-19-69)78-33-56-102-94(63-78)96-65-80(35-58-104(96)112(102)74-28-50-88(120-8)51-29-74)108(70-20-42-84(116-4)43-21-70)79-34-57-103-95(64-79)93-62-77(32-55-101(93)111(103)73-26-48-87(119-7)49-27-73)106(68-16-38-82(114-2)39-17-68)75-30-53-99-91(60-75)89-11-9-10-12-97(89)109(99)71-22-44-85(117-5)45-23-71/h9-65,105H,1-8H3. The molecule has 0 amide bonds. The van der Waals surface area contributed by atoms with Crippen molar-refractivity contribution in [3.05, 3.63) is 346 Å². The summed E-state index contributed by atoms with van der Waals surface area (Å²) in [4.78, 5) is 7.06. The first-order valence-electron chi connectivity index (χ1n) is 39.7. The topological polar surface area (TPSA) is 115 Å². The Balaban J connectivity index is 0.777. The average molecular weight is 1570 g/mol. The number of hydrogen-bond donors (Lipinski definition) is 1. The number of nitrogens with one attached hydrogen (secondary N) is 1. The van der Waals surface area contributed by atoms with Crippen LogP contribution in [0.15, 0.2) is 346 Å². The van der Waals surface area contributed by atoms with E-state index in [0.717, 1.165) is 219 Å². The van der Waals surface area contributed by atoms with E-state index in [2.05, 4.69) is 275 Å². The molecular weight excluding hydrogens is 1490 g/mol. The van der Waals surface area contributed by atoms with Crippen LogP contribution in [0.1, 0.15) is 0 Å². The Hall–Kier alpha value is -15.7. The van der Waals surface area contributed by atoms with Crippen LogP contribution in [0.4, 0.5) is 62.6 Å². The van der Waals surface area contributed by atoms with Gasteiger partial charge < -0.3 is 76.2 Å². The first-order chi connectivity index (χ1) is 59.1. The second-order valence-electron chi connectivity index (χ2n) is 29.5. The van der Waals surface area contributed by atoms with Crippen molar-refractivity contribution in [2.75, 3.05) is 76.9 Å². The van der Waals surface area contributed by atoms with Crippen LogP contribution in [0.2, 0.25) is 0 Å². The van der Waals surface area contributed by atoms with Crippen molar-refractivity contribution >= 4 is 150 Å². The number of ether oxygens (including phenoxy) is 8. The van der Waals surface area contributed by atoms with E-state index in [-0.39, 0.29) is 0 Å². The van der Waals surface area contributed by atoms with Crippen LogP contribution in [-0.2, 0) is 0 Å². The van der Waals surface area contributed by atoms with Crippen LogP contribution in [0.5, 0.6) is 46.0 Å². The largest absolute Gasteiger partial charge is 0.497 e. The maximum absolute atomic E-state index is 5.89. The normalized spacial score (nSPS) is 11.5. The highest BCUT2D eigenvalue weighted by Gasteiger charge is 2.27. The molecule has 0 bridgehead atoms. The van der Waals surface area contributed by atoms with Gasteiger partial charge in [-0.25, -0.2) is 0 Å². The summed E-state index contributed by atoms with van der Waals surface area (Å²) < 4.78 is 55.3. The molecule has 0 aliphatic rings. The molecule has 0 saturated heterocycles. The smallest absolute Gasteiger partial charge is 0.119 e. The van der Waals surface area contributed by atoms with Crippen molar-refractivity contribution in [3.8, 4) is 68.7 Å². The van der Waals surface area contributed by atoms with Gasteiger partial charge in [0.25, 0.3) is 0 Å². The van der Waals surface area contributed by atoms with Crippen LogP contribution in [0.3, 0.4) is 0 Å². The van der Waals surface area contributed by atoms with Gasteiger partial charge >= 0.3 is 0 Å². The van der Waals surface area contributed by atoms with Gasteiger partial charge in [-0.1, -0.05) is 18.2 Å². The number of aromatic nitrogens is 4. The van der Waals surface area contributed by atoms with Crippen LogP contribution >= 0.6 is 0 Å². The highest BCUT2D eigenvalue weighted by atomic mass is 16.5. The number of benzene rings is 16. The number of fused-ring (bicyclic) bond motifs is 12. The number of hydrogen-bond acceptors (Lipinski definition) is 12. The predicted molar refractivity (Wildman–Crippen MR) is 490 cm³/mol.